The standard InChI is InChI=1S/C18H15ClN6O4/c19-13-7-10(1-4-15(13)24-6-5-20-16(26)9-24)21-18(27)17-12-8-11(25(28)29)2-3-14(12)22-23-17/h1-4,7-8H,5-6,9H2,(H,20,26)(H,21,27)(H,22,23). The molecule has 0 spiro atoms. The predicted molar refractivity (Wildman–Crippen MR) is 107 cm³/mol. The molecule has 0 unspecified atom stereocenters. The number of benzene rings is 2. The van der Waals surface area contributed by atoms with Crippen molar-refractivity contribution >= 4 is 51.4 Å². The van der Waals surface area contributed by atoms with Crippen molar-refractivity contribution in [3.05, 3.63) is 57.2 Å². The highest BCUT2D eigenvalue weighted by Crippen LogP contribution is 2.30. The van der Waals surface area contributed by atoms with Crippen molar-refractivity contribution in [2.45, 2.75) is 0 Å². The summed E-state index contributed by atoms with van der Waals surface area (Å²) in [5.41, 5.74) is 1.55. The fraction of sp³-hybridized carbons (Fsp3) is 0.167. The molecule has 0 atom stereocenters. The predicted octanol–water partition coefficient (Wildman–Crippen LogP) is 2.31. The quantitative estimate of drug-likeness (QED) is 0.443. The van der Waals surface area contributed by atoms with E-state index in [4.69, 9.17) is 11.6 Å². The molecule has 3 aromatic rings. The number of non-ortho nitro benzene ring substituents is 1. The highest BCUT2D eigenvalue weighted by molar-refractivity contribution is 6.33. The van der Waals surface area contributed by atoms with Crippen molar-refractivity contribution in [2.75, 3.05) is 29.9 Å². The Balaban J connectivity index is 1.56. The fourth-order valence-electron chi connectivity index (χ4n) is 3.16. The molecular weight excluding hydrogens is 400 g/mol. The van der Waals surface area contributed by atoms with Crippen LogP contribution in [0.2, 0.25) is 5.02 Å². The summed E-state index contributed by atoms with van der Waals surface area (Å²) >= 11 is 6.35. The minimum atomic E-state index is -0.534. The van der Waals surface area contributed by atoms with Crippen LogP contribution in [-0.2, 0) is 4.79 Å². The van der Waals surface area contributed by atoms with Crippen LogP contribution in [0.5, 0.6) is 0 Å². The molecule has 2 aromatic carbocycles. The van der Waals surface area contributed by atoms with Crippen molar-refractivity contribution in [2.24, 2.45) is 0 Å². The van der Waals surface area contributed by atoms with Crippen molar-refractivity contribution in [3.8, 4) is 0 Å². The van der Waals surface area contributed by atoms with E-state index in [2.05, 4.69) is 20.8 Å². The van der Waals surface area contributed by atoms with Gasteiger partial charge in [0, 0.05) is 36.3 Å². The summed E-state index contributed by atoms with van der Waals surface area (Å²) in [4.78, 5) is 36.5. The molecule has 0 bridgehead atoms. The monoisotopic (exact) mass is 414 g/mol. The molecule has 0 radical (unpaired) electrons. The van der Waals surface area contributed by atoms with E-state index < -0.39 is 10.8 Å². The van der Waals surface area contributed by atoms with Crippen LogP contribution in [0.3, 0.4) is 0 Å². The zero-order chi connectivity index (χ0) is 20.5. The van der Waals surface area contributed by atoms with Crippen LogP contribution in [0, 0.1) is 10.1 Å². The van der Waals surface area contributed by atoms with Gasteiger partial charge in [0.1, 0.15) is 0 Å². The molecule has 11 heteroatoms. The van der Waals surface area contributed by atoms with E-state index >= 15 is 0 Å². The van der Waals surface area contributed by atoms with Gasteiger partial charge < -0.3 is 15.5 Å². The van der Waals surface area contributed by atoms with Crippen LogP contribution in [0.15, 0.2) is 36.4 Å². The number of nitro benzene ring substituents is 1. The summed E-state index contributed by atoms with van der Waals surface area (Å²) < 4.78 is 0. The molecule has 0 aliphatic carbocycles. The van der Waals surface area contributed by atoms with Crippen LogP contribution >= 0.6 is 11.6 Å². The number of nitrogens with one attached hydrogen (secondary N) is 3. The van der Waals surface area contributed by atoms with Gasteiger partial charge >= 0.3 is 0 Å². The molecule has 2 amide bonds. The van der Waals surface area contributed by atoms with Crippen LogP contribution in [0.1, 0.15) is 10.5 Å². The Morgan fingerprint density at radius 3 is 2.83 bits per heavy atom. The maximum Gasteiger partial charge on any atom is 0.276 e. The number of H-pyrrole nitrogens is 1. The lowest BCUT2D eigenvalue weighted by molar-refractivity contribution is -0.384. The molecule has 2 heterocycles. The highest BCUT2D eigenvalue weighted by atomic mass is 35.5. The van der Waals surface area contributed by atoms with Gasteiger partial charge in [0.25, 0.3) is 11.6 Å². The number of anilines is 2. The lowest BCUT2D eigenvalue weighted by Crippen LogP contribution is -2.47. The number of carbonyl (C=O) groups excluding carboxylic acids is 2. The molecule has 1 aliphatic rings. The van der Waals surface area contributed by atoms with E-state index in [0.29, 0.717) is 40.4 Å². The fourth-order valence-corrected chi connectivity index (χ4v) is 3.46. The molecule has 148 valence electrons. The number of piperazine rings is 1. The number of carbonyl (C=O) groups is 2. The van der Waals surface area contributed by atoms with Gasteiger partial charge in [0.2, 0.25) is 5.91 Å². The van der Waals surface area contributed by atoms with E-state index in [0.717, 1.165) is 0 Å². The molecule has 29 heavy (non-hydrogen) atoms. The van der Waals surface area contributed by atoms with Crippen molar-refractivity contribution < 1.29 is 14.5 Å². The van der Waals surface area contributed by atoms with E-state index in [1.807, 2.05) is 4.90 Å². The highest BCUT2D eigenvalue weighted by Gasteiger charge is 2.20. The van der Waals surface area contributed by atoms with Crippen LogP contribution in [-0.4, -0.2) is 46.6 Å². The Bertz CT molecular complexity index is 1140. The molecule has 3 N–H and O–H groups in total. The lowest BCUT2D eigenvalue weighted by Gasteiger charge is -2.29. The normalized spacial score (nSPS) is 14.0. The van der Waals surface area contributed by atoms with Gasteiger partial charge in [-0.25, -0.2) is 0 Å². The zero-order valence-electron chi connectivity index (χ0n) is 14.9. The molecule has 1 saturated heterocycles. The second-order valence-corrected chi connectivity index (χ2v) is 6.86. The van der Waals surface area contributed by atoms with E-state index in [9.17, 15) is 19.7 Å². The summed E-state index contributed by atoms with van der Waals surface area (Å²) in [6.07, 6.45) is 0. The lowest BCUT2D eigenvalue weighted by atomic mass is 10.1. The molecule has 10 nitrogen and oxygen atoms in total. The third-order valence-electron chi connectivity index (χ3n) is 4.56. The van der Waals surface area contributed by atoms with E-state index in [1.54, 1.807) is 18.2 Å². The number of hydrogen-bond donors (Lipinski definition) is 3. The number of hydrogen-bond acceptors (Lipinski definition) is 6. The molecule has 1 aromatic heterocycles. The van der Waals surface area contributed by atoms with Gasteiger partial charge in [0.15, 0.2) is 5.69 Å². The molecular formula is C18H15ClN6O4. The number of rotatable bonds is 4. The number of halogens is 1. The van der Waals surface area contributed by atoms with Crippen LogP contribution < -0.4 is 15.5 Å². The van der Waals surface area contributed by atoms with Gasteiger partial charge in [-0.2, -0.15) is 5.10 Å². The Labute approximate surface area is 169 Å². The second kappa shape index (κ2) is 7.40. The molecule has 1 aliphatic heterocycles. The summed E-state index contributed by atoms with van der Waals surface area (Å²) in [6.45, 7) is 1.38. The first kappa shape index (κ1) is 18.7. The minimum Gasteiger partial charge on any atom is -0.359 e. The first-order valence-electron chi connectivity index (χ1n) is 8.67. The van der Waals surface area contributed by atoms with Crippen molar-refractivity contribution in [3.63, 3.8) is 0 Å². The maximum atomic E-state index is 12.6. The number of fused-ring (bicyclic) bond motifs is 1. The van der Waals surface area contributed by atoms with Crippen molar-refractivity contribution in [1.29, 1.82) is 0 Å². The summed E-state index contributed by atoms with van der Waals surface area (Å²) in [5.74, 6) is -0.609. The topological polar surface area (TPSA) is 133 Å². The third kappa shape index (κ3) is 3.69. The summed E-state index contributed by atoms with van der Waals surface area (Å²) in [6, 6.07) is 9.11. The SMILES string of the molecule is O=C1CN(c2ccc(NC(=O)c3n[nH]c4ccc([N+](=O)[O-])cc34)cc2Cl)CCN1. The number of nitrogens with zero attached hydrogens (tertiary/aromatic N) is 3. The Hall–Kier alpha value is -3.66. The minimum absolute atomic E-state index is 0.0385. The number of aromatic amines is 1. The van der Waals surface area contributed by atoms with Gasteiger partial charge in [-0.15, -0.1) is 0 Å². The number of nitro groups is 1. The number of aromatic nitrogens is 2. The first-order chi connectivity index (χ1) is 13.9. The average molecular weight is 415 g/mol. The Morgan fingerprint density at radius 2 is 2.10 bits per heavy atom. The average Bonchev–Trinajstić information content (AvgIpc) is 3.11. The maximum absolute atomic E-state index is 12.6. The Morgan fingerprint density at radius 1 is 1.28 bits per heavy atom. The largest absolute Gasteiger partial charge is 0.359 e. The molecule has 0 saturated carbocycles. The smallest absolute Gasteiger partial charge is 0.276 e. The summed E-state index contributed by atoms with van der Waals surface area (Å²) in [7, 11) is 0. The van der Waals surface area contributed by atoms with Crippen LogP contribution in [0.4, 0.5) is 17.1 Å². The Kier molecular flexibility index (Phi) is 4.77. The zero-order valence-corrected chi connectivity index (χ0v) is 15.7. The van der Waals surface area contributed by atoms with Crippen LogP contribution in [0.25, 0.3) is 10.9 Å². The van der Waals surface area contributed by atoms with Gasteiger partial charge in [-0.1, -0.05) is 11.6 Å². The second-order valence-electron chi connectivity index (χ2n) is 6.45. The molecule has 4 rings (SSSR count). The molecule has 1 fully saturated rings. The van der Waals surface area contributed by atoms with E-state index in [1.165, 1.54) is 18.2 Å². The van der Waals surface area contributed by atoms with Gasteiger partial charge in [-0.3, -0.25) is 24.8 Å². The third-order valence-corrected chi connectivity index (χ3v) is 4.86. The van der Waals surface area contributed by atoms with E-state index in [-0.39, 0.29) is 23.8 Å². The first-order valence-corrected chi connectivity index (χ1v) is 9.05. The van der Waals surface area contributed by atoms with Gasteiger partial charge in [0.05, 0.1) is 27.7 Å². The number of amides is 2. The van der Waals surface area contributed by atoms with Gasteiger partial charge in [-0.05, 0) is 24.3 Å². The summed E-state index contributed by atoms with van der Waals surface area (Å²) in [5, 5.41) is 23.8. The van der Waals surface area contributed by atoms with Crippen molar-refractivity contribution in [1.82, 2.24) is 15.5 Å².